The molecule has 0 unspecified atom stereocenters. The van der Waals surface area contributed by atoms with Gasteiger partial charge in [0.2, 0.25) is 5.91 Å². The summed E-state index contributed by atoms with van der Waals surface area (Å²) in [6.07, 6.45) is 0. The number of ether oxygens (including phenoxy) is 1. The Kier molecular flexibility index (Phi) is 4.32. The fraction of sp³-hybridized carbons (Fsp3) is 0.500. The van der Waals surface area contributed by atoms with E-state index in [2.05, 4.69) is 0 Å². The van der Waals surface area contributed by atoms with E-state index < -0.39 is 0 Å². The molecule has 5 heteroatoms. The van der Waals surface area contributed by atoms with E-state index in [1.807, 2.05) is 13.8 Å². The molecule has 0 aliphatic carbocycles. The van der Waals surface area contributed by atoms with Crippen molar-refractivity contribution in [3.8, 4) is 0 Å². The van der Waals surface area contributed by atoms with Crippen molar-refractivity contribution in [1.82, 2.24) is 0 Å². The quantitative estimate of drug-likeness (QED) is 0.848. The van der Waals surface area contributed by atoms with Gasteiger partial charge in [-0.15, -0.1) is 0 Å². The second kappa shape index (κ2) is 5.85. The second-order valence-corrected chi connectivity index (χ2v) is 5.51. The van der Waals surface area contributed by atoms with Crippen molar-refractivity contribution >= 4 is 17.6 Å². The Labute approximate surface area is 125 Å². The smallest absolute Gasteiger partial charge is 0.338 e. The number of anilines is 1. The third kappa shape index (κ3) is 2.65. The Balaban J connectivity index is 2.50. The van der Waals surface area contributed by atoms with Crippen LogP contribution in [0.25, 0.3) is 0 Å². The highest BCUT2D eigenvalue weighted by molar-refractivity contribution is 5.96. The molecule has 0 saturated heterocycles. The van der Waals surface area contributed by atoms with E-state index in [0.717, 1.165) is 11.3 Å². The zero-order valence-electron chi connectivity index (χ0n) is 12.9. The molecule has 0 spiro atoms. The molecule has 1 heterocycles. The molecule has 5 nitrogen and oxygen atoms in total. The van der Waals surface area contributed by atoms with Gasteiger partial charge < -0.3 is 15.4 Å². The summed E-state index contributed by atoms with van der Waals surface area (Å²) in [7, 11) is 0. The number of esters is 1. The lowest BCUT2D eigenvalue weighted by Gasteiger charge is -2.42. The number of carbonyl (C=O) groups is 2. The number of amides is 1. The van der Waals surface area contributed by atoms with Crippen molar-refractivity contribution in [3.05, 3.63) is 29.3 Å². The van der Waals surface area contributed by atoms with Crippen molar-refractivity contribution in [2.24, 2.45) is 11.7 Å². The largest absolute Gasteiger partial charge is 0.462 e. The van der Waals surface area contributed by atoms with Crippen LogP contribution in [0.1, 0.15) is 49.7 Å². The zero-order valence-corrected chi connectivity index (χ0v) is 12.9. The average Bonchev–Trinajstić information content (AvgIpc) is 2.44. The third-order valence-corrected chi connectivity index (χ3v) is 4.23. The molecule has 1 amide bonds. The van der Waals surface area contributed by atoms with Gasteiger partial charge in [-0.05, 0) is 43.5 Å². The number of fused-ring (bicyclic) bond motifs is 1. The Morgan fingerprint density at radius 2 is 2.00 bits per heavy atom. The number of nitrogens with zero attached hydrogens (tertiary/aromatic N) is 1. The van der Waals surface area contributed by atoms with E-state index in [4.69, 9.17) is 10.5 Å². The molecule has 0 bridgehead atoms. The average molecular weight is 290 g/mol. The lowest BCUT2D eigenvalue weighted by atomic mass is 9.83. The van der Waals surface area contributed by atoms with Gasteiger partial charge in [0.15, 0.2) is 0 Å². The lowest BCUT2D eigenvalue weighted by Crippen LogP contribution is -2.48. The highest BCUT2D eigenvalue weighted by Gasteiger charge is 2.36. The molecular weight excluding hydrogens is 268 g/mol. The lowest BCUT2D eigenvalue weighted by molar-refractivity contribution is -0.117. The van der Waals surface area contributed by atoms with Crippen LogP contribution in [0.15, 0.2) is 18.2 Å². The van der Waals surface area contributed by atoms with Gasteiger partial charge >= 0.3 is 5.97 Å². The summed E-state index contributed by atoms with van der Waals surface area (Å²) in [6, 6.07) is 5.03. The van der Waals surface area contributed by atoms with Crippen LogP contribution in [0.5, 0.6) is 0 Å². The molecule has 1 aromatic carbocycles. The van der Waals surface area contributed by atoms with Gasteiger partial charge in [-0.2, -0.15) is 0 Å². The molecule has 1 aliphatic heterocycles. The summed E-state index contributed by atoms with van der Waals surface area (Å²) in [4.78, 5) is 25.5. The van der Waals surface area contributed by atoms with E-state index in [-0.39, 0.29) is 29.9 Å². The Bertz CT molecular complexity index is 571. The van der Waals surface area contributed by atoms with Crippen molar-refractivity contribution in [2.75, 3.05) is 11.5 Å². The standard InChI is InChI=1S/C16H22N2O3/c1-5-21-16(20)12-6-7-14-13(8-12)15(17)9(2)10(3)18(14)11(4)19/h6-10,15H,5,17H2,1-4H3/t9-,10-,15+/m0/s1. The highest BCUT2D eigenvalue weighted by atomic mass is 16.5. The van der Waals surface area contributed by atoms with E-state index in [1.54, 1.807) is 36.9 Å². The van der Waals surface area contributed by atoms with E-state index in [0.29, 0.717) is 12.2 Å². The summed E-state index contributed by atoms with van der Waals surface area (Å²) in [5.41, 5.74) is 8.37. The summed E-state index contributed by atoms with van der Waals surface area (Å²) in [6.45, 7) is 7.65. The van der Waals surface area contributed by atoms with Gasteiger partial charge in [0.25, 0.3) is 0 Å². The summed E-state index contributed by atoms with van der Waals surface area (Å²) in [5, 5.41) is 0. The second-order valence-electron chi connectivity index (χ2n) is 5.51. The Morgan fingerprint density at radius 3 is 2.57 bits per heavy atom. The summed E-state index contributed by atoms with van der Waals surface area (Å²) in [5.74, 6) is -0.279. The number of rotatable bonds is 2. The molecule has 0 saturated carbocycles. The molecule has 1 aliphatic rings. The molecule has 21 heavy (non-hydrogen) atoms. The number of hydrogen-bond acceptors (Lipinski definition) is 4. The van der Waals surface area contributed by atoms with Crippen LogP contribution in [0.2, 0.25) is 0 Å². The van der Waals surface area contributed by atoms with Gasteiger partial charge in [0.05, 0.1) is 12.2 Å². The van der Waals surface area contributed by atoms with Crippen molar-refractivity contribution in [1.29, 1.82) is 0 Å². The monoisotopic (exact) mass is 290 g/mol. The number of hydrogen-bond donors (Lipinski definition) is 1. The Hall–Kier alpha value is -1.88. The van der Waals surface area contributed by atoms with Crippen molar-refractivity contribution in [3.63, 3.8) is 0 Å². The maximum absolute atomic E-state index is 11.9. The van der Waals surface area contributed by atoms with Crippen molar-refractivity contribution in [2.45, 2.75) is 39.8 Å². The first-order chi connectivity index (χ1) is 9.88. The minimum atomic E-state index is -0.367. The van der Waals surface area contributed by atoms with Crippen LogP contribution in [-0.4, -0.2) is 24.5 Å². The summed E-state index contributed by atoms with van der Waals surface area (Å²) < 4.78 is 5.02. The van der Waals surface area contributed by atoms with E-state index >= 15 is 0 Å². The highest BCUT2D eigenvalue weighted by Crippen LogP contribution is 2.39. The number of carbonyl (C=O) groups excluding carboxylic acids is 2. The van der Waals surface area contributed by atoms with E-state index in [1.165, 1.54) is 0 Å². The topological polar surface area (TPSA) is 72.6 Å². The SMILES string of the molecule is CCOC(=O)c1ccc2c(c1)[C@H](N)[C@@H](C)[C@H](C)N2C(C)=O. The van der Waals surface area contributed by atoms with Gasteiger partial charge in [-0.1, -0.05) is 6.92 Å². The molecule has 3 atom stereocenters. The molecule has 114 valence electrons. The third-order valence-electron chi connectivity index (χ3n) is 4.23. The predicted molar refractivity (Wildman–Crippen MR) is 81.1 cm³/mol. The number of benzene rings is 1. The molecule has 0 aromatic heterocycles. The fourth-order valence-corrected chi connectivity index (χ4v) is 2.88. The first kappa shape index (κ1) is 15.5. The maximum Gasteiger partial charge on any atom is 0.338 e. The van der Waals surface area contributed by atoms with E-state index in [9.17, 15) is 9.59 Å². The van der Waals surface area contributed by atoms with Gasteiger partial charge in [-0.3, -0.25) is 4.79 Å². The van der Waals surface area contributed by atoms with Crippen LogP contribution >= 0.6 is 0 Å². The Morgan fingerprint density at radius 1 is 1.33 bits per heavy atom. The molecule has 2 N–H and O–H groups in total. The van der Waals surface area contributed by atoms with Crippen LogP contribution in [-0.2, 0) is 9.53 Å². The van der Waals surface area contributed by atoms with Crippen LogP contribution in [0.3, 0.4) is 0 Å². The van der Waals surface area contributed by atoms with Crippen LogP contribution < -0.4 is 10.6 Å². The van der Waals surface area contributed by atoms with Crippen LogP contribution in [0, 0.1) is 5.92 Å². The zero-order chi connectivity index (χ0) is 15.7. The minimum Gasteiger partial charge on any atom is -0.462 e. The molecular formula is C16H22N2O3. The summed E-state index contributed by atoms with van der Waals surface area (Å²) >= 11 is 0. The molecule has 1 aromatic rings. The first-order valence-corrected chi connectivity index (χ1v) is 7.24. The first-order valence-electron chi connectivity index (χ1n) is 7.24. The van der Waals surface area contributed by atoms with Gasteiger partial charge in [-0.25, -0.2) is 4.79 Å². The number of nitrogens with two attached hydrogens (primary N) is 1. The van der Waals surface area contributed by atoms with Crippen LogP contribution in [0.4, 0.5) is 5.69 Å². The van der Waals surface area contributed by atoms with Gasteiger partial charge in [0, 0.05) is 24.7 Å². The normalized spacial score (nSPS) is 24.4. The molecule has 0 fully saturated rings. The van der Waals surface area contributed by atoms with Crippen molar-refractivity contribution < 1.29 is 14.3 Å². The molecule has 0 radical (unpaired) electrons. The minimum absolute atomic E-state index is 0.0219. The fourth-order valence-electron chi connectivity index (χ4n) is 2.88. The van der Waals surface area contributed by atoms with Gasteiger partial charge in [0.1, 0.15) is 0 Å². The molecule has 2 rings (SSSR count). The maximum atomic E-state index is 11.9. The predicted octanol–water partition coefficient (Wildman–Crippen LogP) is 2.25.